The van der Waals surface area contributed by atoms with Gasteiger partial charge in [-0.1, -0.05) is 26.0 Å². The Labute approximate surface area is 116 Å². The summed E-state index contributed by atoms with van der Waals surface area (Å²) in [4.78, 5) is 13.9. The normalized spacial score (nSPS) is 12.6. The van der Waals surface area contributed by atoms with Gasteiger partial charge >= 0.3 is 0 Å². The van der Waals surface area contributed by atoms with E-state index in [9.17, 15) is 4.79 Å². The first-order chi connectivity index (χ1) is 8.82. The molecule has 19 heavy (non-hydrogen) atoms. The van der Waals surface area contributed by atoms with Crippen LogP contribution in [0.15, 0.2) is 18.2 Å². The van der Waals surface area contributed by atoms with E-state index in [0.717, 1.165) is 17.7 Å². The van der Waals surface area contributed by atoms with Gasteiger partial charge < -0.3 is 10.6 Å². The Bertz CT molecular complexity index is 438. The van der Waals surface area contributed by atoms with Crippen LogP contribution in [0.1, 0.15) is 50.7 Å². The molecule has 0 aromatic heterocycles. The van der Waals surface area contributed by atoms with Crippen LogP contribution in [0, 0.1) is 6.92 Å². The van der Waals surface area contributed by atoms with Gasteiger partial charge in [-0.25, -0.2) is 0 Å². The summed E-state index contributed by atoms with van der Waals surface area (Å²) in [7, 11) is 1.84. The van der Waals surface area contributed by atoms with Gasteiger partial charge in [0.15, 0.2) is 0 Å². The summed E-state index contributed by atoms with van der Waals surface area (Å²) in [6.07, 6.45) is 1.23. The van der Waals surface area contributed by atoms with Crippen molar-refractivity contribution in [2.75, 3.05) is 11.9 Å². The Morgan fingerprint density at radius 1 is 1.32 bits per heavy atom. The second-order valence-electron chi connectivity index (χ2n) is 5.67. The van der Waals surface area contributed by atoms with Crippen molar-refractivity contribution in [3.8, 4) is 0 Å². The number of nitrogens with zero attached hydrogens (tertiary/aromatic N) is 1. The fourth-order valence-electron chi connectivity index (χ4n) is 2.00. The number of aryl methyl sites for hydroxylation is 1. The van der Waals surface area contributed by atoms with Crippen molar-refractivity contribution in [3.63, 3.8) is 0 Å². The smallest absolute Gasteiger partial charge is 0.226 e. The third-order valence-corrected chi connectivity index (χ3v) is 3.45. The molecule has 1 atom stereocenters. The largest absolute Gasteiger partial charge is 0.328 e. The topological polar surface area (TPSA) is 46.3 Å². The maximum atomic E-state index is 12.2. The first-order valence-corrected chi connectivity index (χ1v) is 6.95. The minimum atomic E-state index is 0.0699. The number of carbonyl (C=O) groups excluding carboxylic acids is 1. The van der Waals surface area contributed by atoms with Crippen molar-refractivity contribution in [2.45, 2.75) is 52.5 Å². The predicted molar refractivity (Wildman–Crippen MR) is 81.6 cm³/mol. The van der Waals surface area contributed by atoms with Crippen LogP contribution in [-0.4, -0.2) is 19.0 Å². The number of amides is 1. The van der Waals surface area contributed by atoms with E-state index in [-0.39, 0.29) is 11.9 Å². The average molecular weight is 262 g/mol. The lowest BCUT2D eigenvalue weighted by molar-refractivity contribution is -0.118. The molecule has 0 saturated carbocycles. The van der Waals surface area contributed by atoms with Gasteiger partial charge in [0, 0.05) is 25.2 Å². The first-order valence-electron chi connectivity index (χ1n) is 6.95. The quantitative estimate of drug-likeness (QED) is 0.885. The van der Waals surface area contributed by atoms with E-state index in [1.165, 1.54) is 5.56 Å². The molecule has 0 aliphatic rings. The van der Waals surface area contributed by atoms with Crippen molar-refractivity contribution >= 4 is 11.6 Å². The number of hydrogen-bond acceptors (Lipinski definition) is 2. The molecule has 0 radical (unpaired) electrons. The average Bonchev–Trinajstić information content (AvgIpc) is 2.35. The highest BCUT2D eigenvalue weighted by molar-refractivity contribution is 5.93. The molecule has 0 aliphatic carbocycles. The van der Waals surface area contributed by atoms with E-state index in [0.29, 0.717) is 12.3 Å². The number of benzene rings is 1. The lowest BCUT2D eigenvalue weighted by Crippen LogP contribution is -2.28. The monoisotopic (exact) mass is 262 g/mol. The van der Waals surface area contributed by atoms with Crippen LogP contribution in [0.25, 0.3) is 0 Å². The van der Waals surface area contributed by atoms with Gasteiger partial charge in [-0.2, -0.15) is 0 Å². The van der Waals surface area contributed by atoms with Crippen LogP contribution < -0.4 is 10.6 Å². The van der Waals surface area contributed by atoms with E-state index in [1.54, 1.807) is 4.90 Å². The molecular formula is C16H26N2O. The fraction of sp³-hybridized carbons (Fsp3) is 0.562. The molecule has 1 unspecified atom stereocenters. The van der Waals surface area contributed by atoms with Gasteiger partial charge in [0.25, 0.3) is 0 Å². The Morgan fingerprint density at radius 2 is 1.95 bits per heavy atom. The molecule has 0 aliphatic heterocycles. The fourth-order valence-corrected chi connectivity index (χ4v) is 2.00. The number of nitrogens with two attached hydrogens (primary N) is 1. The van der Waals surface area contributed by atoms with Crippen molar-refractivity contribution in [1.29, 1.82) is 0 Å². The molecule has 1 rings (SSSR count). The van der Waals surface area contributed by atoms with Gasteiger partial charge in [-0.3, -0.25) is 4.79 Å². The van der Waals surface area contributed by atoms with Crippen LogP contribution in [0.2, 0.25) is 0 Å². The molecule has 1 aromatic carbocycles. The molecule has 3 heteroatoms. The number of anilines is 1. The zero-order chi connectivity index (χ0) is 14.6. The van der Waals surface area contributed by atoms with Crippen LogP contribution >= 0.6 is 0 Å². The van der Waals surface area contributed by atoms with Gasteiger partial charge in [0.1, 0.15) is 0 Å². The second kappa shape index (κ2) is 6.71. The summed E-state index contributed by atoms with van der Waals surface area (Å²) in [6.45, 7) is 8.28. The second-order valence-corrected chi connectivity index (χ2v) is 5.67. The third-order valence-electron chi connectivity index (χ3n) is 3.45. The molecule has 0 saturated heterocycles. The molecule has 3 nitrogen and oxygen atoms in total. The first kappa shape index (κ1) is 15.7. The molecule has 1 amide bonds. The lowest BCUT2D eigenvalue weighted by Gasteiger charge is -2.21. The summed E-state index contributed by atoms with van der Waals surface area (Å²) in [6, 6.07) is 6.40. The Kier molecular flexibility index (Phi) is 5.55. The Morgan fingerprint density at radius 3 is 2.47 bits per heavy atom. The summed E-state index contributed by atoms with van der Waals surface area (Å²) in [5.41, 5.74) is 9.09. The van der Waals surface area contributed by atoms with Gasteiger partial charge in [-0.05, 0) is 43.4 Å². The van der Waals surface area contributed by atoms with E-state index >= 15 is 0 Å². The number of hydrogen-bond donors (Lipinski definition) is 1. The third kappa shape index (κ3) is 4.35. The van der Waals surface area contributed by atoms with E-state index in [2.05, 4.69) is 32.0 Å². The number of rotatable bonds is 5. The van der Waals surface area contributed by atoms with Crippen molar-refractivity contribution in [1.82, 2.24) is 0 Å². The van der Waals surface area contributed by atoms with E-state index in [1.807, 2.05) is 20.9 Å². The zero-order valence-corrected chi connectivity index (χ0v) is 12.7. The Hall–Kier alpha value is -1.35. The summed E-state index contributed by atoms with van der Waals surface area (Å²) in [5.74, 6) is 0.591. The SMILES string of the molecule is Cc1ccc(C(C)C)cc1N(C)C(=O)CCC(C)N. The molecule has 0 heterocycles. The van der Waals surface area contributed by atoms with E-state index in [4.69, 9.17) is 5.73 Å². The highest BCUT2D eigenvalue weighted by Crippen LogP contribution is 2.25. The number of carbonyl (C=O) groups is 1. The van der Waals surface area contributed by atoms with Crippen molar-refractivity contribution in [3.05, 3.63) is 29.3 Å². The standard InChI is InChI=1S/C16H26N2O/c1-11(2)14-8-6-12(3)15(10-14)18(5)16(19)9-7-13(4)17/h6,8,10-11,13H,7,9,17H2,1-5H3. The van der Waals surface area contributed by atoms with Crippen molar-refractivity contribution < 1.29 is 4.79 Å². The summed E-state index contributed by atoms with van der Waals surface area (Å²) < 4.78 is 0. The van der Waals surface area contributed by atoms with Crippen LogP contribution in [-0.2, 0) is 4.79 Å². The van der Waals surface area contributed by atoms with Crippen LogP contribution in [0.4, 0.5) is 5.69 Å². The van der Waals surface area contributed by atoms with Crippen LogP contribution in [0.5, 0.6) is 0 Å². The van der Waals surface area contributed by atoms with Crippen LogP contribution in [0.3, 0.4) is 0 Å². The maximum Gasteiger partial charge on any atom is 0.226 e. The molecule has 1 aromatic rings. The lowest BCUT2D eigenvalue weighted by atomic mass is 10.00. The molecule has 0 bridgehead atoms. The zero-order valence-electron chi connectivity index (χ0n) is 12.7. The van der Waals surface area contributed by atoms with Gasteiger partial charge in [0.2, 0.25) is 5.91 Å². The van der Waals surface area contributed by atoms with Crippen molar-refractivity contribution in [2.24, 2.45) is 5.73 Å². The molecule has 106 valence electrons. The molecule has 0 fully saturated rings. The van der Waals surface area contributed by atoms with Gasteiger partial charge in [0.05, 0.1) is 0 Å². The highest BCUT2D eigenvalue weighted by atomic mass is 16.2. The Balaban J connectivity index is 2.89. The summed E-state index contributed by atoms with van der Waals surface area (Å²) in [5, 5.41) is 0. The maximum absolute atomic E-state index is 12.2. The molecular weight excluding hydrogens is 236 g/mol. The highest BCUT2D eigenvalue weighted by Gasteiger charge is 2.14. The minimum absolute atomic E-state index is 0.0699. The summed E-state index contributed by atoms with van der Waals surface area (Å²) >= 11 is 0. The van der Waals surface area contributed by atoms with Gasteiger partial charge in [-0.15, -0.1) is 0 Å². The van der Waals surface area contributed by atoms with E-state index < -0.39 is 0 Å². The molecule has 2 N–H and O–H groups in total. The predicted octanol–water partition coefficient (Wildman–Crippen LogP) is 3.21. The minimum Gasteiger partial charge on any atom is -0.328 e. The molecule has 0 spiro atoms.